The highest BCUT2D eigenvalue weighted by Gasteiger charge is 2.16. The molecule has 0 bridgehead atoms. The molecule has 0 unspecified atom stereocenters. The number of rotatable bonds is 2. The van der Waals surface area contributed by atoms with Crippen molar-refractivity contribution in [3.8, 4) is 0 Å². The molecule has 1 fully saturated rings. The molecule has 0 spiro atoms. The van der Waals surface area contributed by atoms with Gasteiger partial charge in [-0.3, -0.25) is 0 Å². The summed E-state index contributed by atoms with van der Waals surface area (Å²) in [5.41, 5.74) is 1.20. The summed E-state index contributed by atoms with van der Waals surface area (Å²) in [7, 11) is 0. The summed E-state index contributed by atoms with van der Waals surface area (Å²) in [5.74, 6) is 2.05. The molecule has 1 aromatic heterocycles. The SMILES string of the molecule is CCc1cccc(N2CCC(C)CC2)n1. The van der Waals surface area contributed by atoms with Crippen LogP contribution in [-0.2, 0) is 6.42 Å². The van der Waals surface area contributed by atoms with Crippen molar-refractivity contribution < 1.29 is 0 Å². The summed E-state index contributed by atoms with van der Waals surface area (Å²) in [4.78, 5) is 7.08. The Morgan fingerprint density at radius 3 is 2.73 bits per heavy atom. The van der Waals surface area contributed by atoms with Crippen molar-refractivity contribution >= 4 is 5.82 Å². The van der Waals surface area contributed by atoms with Crippen molar-refractivity contribution in [3.63, 3.8) is 0 Å². The van der Waals surface area contributed by atoms with Crippen LogP contribution in [0.3, 0.4) is 0 Å². The summed E-state index contributed by atoms with van der Waals surface area (Å²) in [6, 6.07) is 6.37. The van der Waals surface area contributed by atoms with Crippen LogP contribution in [0.25, 0.3) is 0 Å². The molecule has 2 heteroatoms. The van der Waals surface area contributed by atoms with E-state index in [-0.39, 0.29) is 0 Å². The first kappa shape index (κ1) is 10.5. The number of aromatic nitrogens is 1. The molecule has 1 aliphatic heterocycles. The Labute approximate surface area is 92.3 Å². The molecule has 0 aliphatic carbocycles. The predicted molar refractivity (Wildman–Crippen MR) is 64.2 cm³/mol. The lowest BCUT2D eigenvalue weighted by Gasteiger charge is -2.31. The highest BCUT2D eigenvalue weighted by Crippen LogP contribution is 2.21. The zero-order chi connectivity index (χ0) is 10.7. The van der Waals surface area contributed by atoms with Gasteiger partial charge in [0.05, 0.1) is 0 Å². The Morgan fingerprint density at radius 1 is 1.33 bits per heavy atom. The van der Waals surface area contributed by atoms with Gasteiger partial charge in [-0.15, -0.1) is 0 Å². The molecule has 1 saturated heterocycles. The van der Waals surface area contributed by atoms with E-state index >= 15 is 0 Å². The fraction of sp³-hybridized carbons (Fsp3) is 0.615. The zero-order valence-corrected chi connectivity index (χ0v) is 9.74. The second-order valence-corrected chi connectivity index (χ2v) is 4.51. The summed E-state index contributed by atoms with van der Waals surface area (Å²) >= 11 is 0. The Balaban J connectivity index is 2.08. The Kier molecular flexibility index (Phi) is 3.24. The van der Waals surface area contributed by atoms with Crippen molar-refractivity contribution in [2.75, 3.05) is 18.0 Å². The predicted octanol–water partition coefficient (Wildman–Crippen LogP) is 2.88. The summed E-state index contributed by atoms with van der Waals surface area (Å²) in [6.07, 6.45) is 3.63. The van der Waals surface area contributed by atoms with Crippen LogP contribution in [0.4, 0.5) is 5.82 Å². The molecular weight excluding hydrogens is 184 g/mol. The number of anilines is 1. The van der Waals surface area contributed by atoms with Gasteiger partial charge >= 0.3 is 0 Å². The van der Waals surface area contributed by atoms with Crippen LogP contribution >= 0.6 is 0 Å². The fourth-order valence-corrected chi connectivity index (χ4v) is 2.08. The van der Waals surface area contributed by atoms with Crippen LogP contribution in [-0.4, -0.2) is 18.1 Å². The average Bonchev–Trinajstić information content (AvgIpc) is 2.30. The van der Waals surface area contributed by atoms with Gasteiger partial charge in [-0.2, -0.15) is 0 Å². The van der Waals surface area contributed by atoms with Crippen LogP contribution in [0.5, 0.6) is 0 Å². The van der Waals surface area contributed by atoms with Crippen LogP contribution in [0.15, 0.2) is 18.2 Å². The largest absolute Gasteiger partial charge is 0.357 e. The molecule has 1 aliphatic rings. The van der Waals surface area contributed by atoms with Gasteiger partial charge in [0, 0.05) is 18.8 Å². The molecule has 0 atom stereocenters. The van der Waals surface area contributed by atoms with Crippen molar-refractivity contribution in [3.05, 3.63) is 23.9 Å². The molecule has 0 amide bonds. The Bertz CT molecular complexity index is 314. The molecule has 0 radical (unpaired) electrons. The Morgan fingerprint density at radius 2 is 2.07 bits per heavy atom. The number of piperidine rings is 1. The molecule has 0 N–H and O–H groups in total. The smallest absolute Gasteiger partial charge is 0.128 e. The first-order chi connectivity index (χ1) is 7.29. The zero-order valence-electron chi connectivity index (χ0n) is 9.74. The number of aryl methyl sites for hydroxylation is 1. The van der Waals surface area contributed by atoms with E-state index in [0.29, 0.717) is 0 Å². The first-order valence-electron chi connectivity index (χ1n) is 6.00. The van der Waals surface area contributed by atoms with Crippen molar-refractivity contribution in [1.82, 2.24) is 4.98 Å². The first-order valence-corrected chi connectivity index (χ1v) is 6.00. The second kappa shape index (κ2) is 4.65. The maximum atomic E-state index is 4.67. The number of hydrogen-bond acceptors (Lipinski definition) is 2. The van der Waals surface area contributed by atoms with E-state index in [1.54, 1.807) is 0 Å². The van der Waals surface area contributed by atoms with Gasteiger partial charge in [-0.1, -0.05) is 19.9 Å². The van der Waals surface area contributed by atoms with Crippen molar-refractivity contribution in [2.45, 2.75) is 33.1 Å². The highest BCUT2D eigenvalue weighted by molar-refractivity contribution is 5.39. The number of hydrogen-bond donors (Lipinski definition) is 0. The van der Waals surface area contributed by atoms with E-state index in [4.69, 9.17) is 0 Å². The van der Waals surface area contributed by atoms with Crippen LogP contribution in [0, 0.1) is 5.92 Å². The van der Waals surface area contributed by atoms with Crippen LogP contribution in [0.1, 0.15) is 32.4 Å². The minimum absolute atomic E-state index is 0.885. The molecule has 15 heavy (non-hydrogen) atoms. The molecule has 1 aromatic rings. The second-order valence-electron chi connectivity index (χ2n) is 4.51. The number of pyridine rings is 1. The van der Waals surface area contributed by atoms with Gasteiger partial charge in [-0.25, -0.2) is 4.98 Å². The molecule has 2 heterocycles. The Hall–Kier alpha value is -1.05. The van der Waals surface area contributed by atoms with E-state index in [1.807, 2.05) is 0 Å². The quantitative estimate of drug-likeness (QED) is 0.736. The van der Waals surface area contributed by atoms with Gasteiger partial charge in [0.1, 0.15) is 5.82 Å². The van der Waals surface area contributed by atoms with E-state index in [9.17, 15) is 0 Å². The van der Waals surface area contributed by atoms with E-state index in [0.717, 1.165) is 12.3 Å². The van der Waals surface area contributed by atoms with Crippen molar-refractivity contribution in [2.24, 2.45) is 5.92 Å². The van der Waals surface area contributed by atoms with Crippen LogP contribution in [0.2, 0.25) is 0 Å². The van der Waals surface area contributed by atoms with Gasteiger partial charge in [-0.05, 0) is 37.3 Å². The van der Waals surface area contributed by atoms with E-state index in [1.165, 1.54) is 37.4 Å². The van der Waals surface area contributed by atoms with Gasteiger partial charge in [0.15, 0.2) is 0 Å². The molecule has 2 rings (SSSR count). The fourth-order valence-electron chi connectivity index (χ4n) is 2.08. The lowest BCUT2D eigenvalue weighted by Crippen LogP contribution is -2.33. The average molecular weight is 204 g/mol. The third kappa shape index (κ3) is 2.49. The lowest BCUT2D eigenvalue weighted by molar-refractivity contribution is 0.436. The normalized spacial score (nSPS) is 18.1. The lowest BCUT2D eigenvalue weighted by atomic mass is 9.99. The highest BCUT2D eigenvalue weighted by atomic mass is 15.2. The minimum Gasteiger partial charge on any atom is -0.357 e. The molecule has 0 saturated carbocycles. The number of nitrogens with zero attached hydrogens (tertiary/aromatic N) is 2. The maximum Gasteiger partial charge on any atom is 0.128 e. The van der Waals surface area contributed by atoms with Gasteiger partial charge < -0.3 is 4.90 Å². The van der Waals surface area contributed by atoms with Crippen molar-refractivity contribution in [1.29, 1.82) is 0 Å². The van der Waals surface area contributed by atoms with E-state index < -0.39 is 0 Å². The molecular formula is C13H20N2. The maximum absolute atomic E-state index is 4.67. The molecule has 2 nitrogen and oxygen atoms in total. The van der Waals surface area contributed by atoms with E-state index in [2.05, 4.69) is 41.9 Å². The third-order valence-electron chi connectivity index (χ3n) is 3.26. The summed E-state index contributed by atoms with van der Waals surface area (Å²) in [6.45, 7) is 6.83. The summed E-state index contributed by atoms with van der Waals surface area (Å²) in [5, 5.41) is 0. The molecule has 0 aromatic carbocycles. The summed E-state index contributed by atoms with van der Waals surface area (Å²) < 4.78 is 0. The topological polar surface area (TPSA) is 16.1 Å². The van der Waals surface area contributed by atoms with Crippen LogP contribution < -0.4 is 4.90 Å². The molecule has 82 valence electrons. The minimum atomic E-state index is 0.885. The standard InChI is InChI=1S/C13H20N2/c1-3-12-5-4-6-13(14-12)15-9-7-11(2)8-10-15/h4-6,11H,3,7-10H2,1-2H3. The third-order valence-corrected chi connectivity index (χ3v) is 3.26. The van der Waals surface area contributed by atoms with Gasteiger partial charge in [0.25, 0.3) is 0 Å². The monoisotopic (exact) mass is 204 g/mol. The van der Waals surface area contributed by atoms with Gasteiger partial charge in [0.2, 0.25) is 0 Å².